The number of likely N-dealkylation sites (tertiary alicyclic amines) is 1. The number of ether oxygens (including phenoxy) is 1. The fourth-order valence-corrected chi connectivity index (χ4v) is 3.34. The molecule has 142 valence electrons. The predicted molar refractivity (Wildman–Crippen MR) is 92.5 cm³/mol. The summed E-state index contributed by atoms with van der Waals surface area (Å²) in [5, 5.41) is 0. The Balaban J connectivity index is 1.73. The Kier molecular flexibility index (Phi) is 5.07. The van der Waals surface area contributed by atoms with Crippen LogP contribution in [0.3, 0.4) is 0 Å². The minimum absolute atomic E-state index is 0.236. The quantitative estimate of drug-likeness (QED) is 0.565. The molecule has 8 heteroatoms. The summed E-state index contributed by atoms with van der Waals surface area (Å²) in [5.74, 6) is -3.28. The van der Waals surface area contributed by atoms with E-state index < -0.39 is 42.3 Å². The number of rotatable bonds is 5. The smallest absolute Gasteiger partial charge is 0.330 e. The Bertz CT molecular complexity index is 796. The van der Waals surface area contributed by atoms with Crippen molar-refractivity contribution in [3.05, 3.63) is 35.4 Å². The van der Waals surface area contributed by atoms with Crippen LogP contribution in [0.4, 0.5) is 0 Å². The molecule has 1 atom stereocenters. The zero-order valence-electron chi connectivity index (χ0n) is 15.1. The second kappa shape index (κ2) is 7.30. The van der Waals surface area contributed by atoms with E-state index in [2.05, 4.69) is 0 Å². The number of carbonyl (C=O) groups excluding carboxylic acids is 5. The number of carbonyl (C=O) groups is 5. The second-order valence-electron chi connectivity index (χ2n) is 6.87. The van der Waals surface area contributed by atoms with Gasteiger partial charge in [0, 0.05) is 13.0 Å². The van der Waals surface area contributed by atoms with E-state index in [1.165, 1.54) is 12.1 Å². The Hall–Kier alpha value is -3.03. The highest BCUT2D eigenvalue weighted by Crippen LogP contribution is 2.27. The molecule has 1 saturated heterocycles. The third-order valence-corrected chi connectivity index (χ3v) is 4.69. The maximum absolute atomic E-state index is 12.6. The van der Waals surface area contributed by atoms with Crippen LogP contribution in [0.5, 0.6) is 0 Å². The Morgan fingerprint density at radius 3 is 2.15 bits per heavy atom. The first-order valence-electron chi connectivity index (χ1n) is 8.79. The molecule has 3 rings (SSSR count). The van der Waals surface area contributed by atoms with Gasteiger partial charge in [-0.15, -0.1) is 0 Å². The minimum Gasteiger partial charge on any atom is -0.454 e. The highest BCUT2D eigenvalue weighted by atomic mass is 16.5. The van der Waals surface area contributed by atoms with Crippen LogP contribution >= 0.6 is 0 Å². The highest BCUT2D eigenvalue weighted by molar-refractivity contribution is 6.22. The van der Waals surface area contributed by atoms with Crippen LogP contribution in [-0.4, -0.2) is 58.6 Å². The molecule has 0 radical (unpaired) electrons. The van der Waals surface area contributed by atoms with Gasteiger partial charge in [0.2, 0.25) is 5.91 Å². The Morgan fingerprint density at radius 1 is 1.07 bits per heavy atom. The summed E-state index contributed by atoms with van der Waals surface area (Å²) in [4.78, 5) is 63.4. The third-order valence-electron chi connectivity index (χ3n) is 4.69. The van der Waals surface area contributed by atoms with Crippen LogP contribution in [-0.2, 0) is 19.1 Å². The van der Waals surface area contributed by atoms with Gasteiger partial charge in [-0.2, -0.15) is 0 Å². The second-order valence-corrected chi connectivity index (χ2v) is 6.87. The predicted octanol–water partition coefficient (Wildman–Crippen LogP) is 0.999. The van der Waals surface area contributed by atoms with Crippen molar-refractivity contribution in [2.24, 2.45) is 5.92 Å². The summed E-state index contributed by atoms with van der Waals surface area (Å²) in [6, 6.07) is 5.19. The summed E-state index contributed by atoms with van der Waals surface area (Å²) in [5.41, 5.74) is 0.472. The molecule has 0 saturated carbocycles. The van der Waals surface area contributed by atoms with Crippen LogP contribution < -0.4 is 0 Å². The number of imide groups is 2. The Morgan fingerprint density at radius 2 is 1.67 bits per heavy atom. The first kappa shape index (κ1) is 18.8. The van der Waals surface area contributed by atoms with E-state index in [1.54, 1.807) is 26.0 Å². The third kappa shape index (κ3) is 3.34. The topological polar surface area (TPSA) is 101 Å². The van der Waals surface area contributed by atoms with Gasteiger partial charge in [-0.1, -0.05) is 26.0 Å². The first-order chi connectivity index (χ1) is 12.8. The molecule has 1 aromatic carbocycles. The van der Waals surface area contributed by atoms with Gasteiger partial charge in [-0.3, -0.25) is 29.0 Å². The lowest BCUT2D eigenvalue weighted by atomic mass is 10.0. The molecule has 2 heterocycles. The molecule has 0 bridgehead atoms. The largest absolute Gasteiger partial charge is 0.454 e. The van der Waals surface area contributed by atoms with E-state index in [0.29, 0.717) is 19.4 Å². The van der Waals surface area contributed by atoms with E-state index in [4.69, 9.17) is 4.74 Å². The zero-order valence-corrected chi connectivity index (χ0v) is 15.1. The molecule has 8 nitrogen and oxygen atoms in total. The van der Waals surface area contributed by atoms with Crippen LogP contribution in [0.2, 0.25) is 0 Å². The molecule has 1 fully saturated rings. The van der Waals surface area contributed by atoms with Gasteiger partial charge in [0.1, 0.15) is 6.04 Å². The summed E-state index contributed by atoms with van der Waals surface area (Å²) in [6.45, 7) is 3.07. The van der Waals surface area contributed by atoms with Crippen molar-refractivity contribution in [2.45, 2.75) is 32.7 Å². The van der Waals surface area contributed by atoms with Crippen molar-refractivity contribution in [1.29, 1.82) is 0 Å². The van der Waals surface area contributed by atoms with Crippen molar-refractivity contribution < 1.29 is 28.7 Å². The standard InChI is InChI=1S/C19H20N2O6/c1-11(2)16(19(26)27-10-15(23)20-9-5-8-14(20)22)21-17(24)12-6-3-4-7-13(12)18(21)25/h3-4,6-7,11,16H,5,8-10H2,1-2H3/t16-/m0/s1. The van der Waals surface area contributed by atoms with Crippen molar-refractivity contribution in [1.82, 2.24) is 9.80 Å². The molecule has 2 aliphatic rings. The number of amides is 4. The van der Waals surface area contributed by atoms with Gasteiger partial charge in [-0.05, 0) is 24.5 Å². The van der Waals surface area contributed by atoms with E-state index >= 15 is 0 Å². The van der Waals surface area contributed by atoms with Gasteiger partial charge < -0.3 is 4.74 Å². The number of esters is 1. The lowest BCUT2D eigenvalue weighted by Crippen LogP contribution is -2.49. The Labute approximate surface area is 156 Å². The molecule has 4 amide bonds. The van der Waals surface area contributed by atoms with Crippen LogP contribution in [0.1, 0.15) is 47.4 Å². The maximum atomic E-state index is 12.6. The van der Waals surface area contributed by atoms with E-state index in [1.807, 2.05) is 0 Å². The van der Waals surface area contributed by atoms with E-state index in [9.17, 15) is 24.0 Å². The minimum atomic E-state index is -1.15. The molecule has 1 aromatic rings. The van der Waals surface area contributed by atoms with Crippen molar-refractivity contribution >= 4 is 29.6 Å². The van der Waals surface area contributed by atoms with Gasteiger partial charge >= 0.3 is 5.97 Å². The number of nitrogens with zero attached hydrogens (tertiary/aromatic N) is 2. The van der Waals surface area contributed by atoms with Gasteiger partial charge in [0.15, 0.2) is 6.61 Å². The van der Waals surface area contributed by atoms with Crippen molar-refractivity contribution in [2.75, 3.05) is 13.2 Å². The van der Waals surface area contributed by atoms with Crippen LogP contribution in [0.15, 0.2) is 24.3 Å². The van der Waals surface area contributed by atoms with Crippen molar-refractivity contribution in [3.63, 3.8) is 0 Å². The van der Waals surface area contributed by atoms with Gasteiger partial charge in [0.05, 0.1) is 11.1 Å². The molecular weight excluding hydrogens is 352 g/mol. The zero-order chi connectivity index (χ0) is 19.7. The maximum Gasteiger partial charge on any atom is 0.330 e. The van der Waals surface area contributed by atoms with Crippen molar-refractivity contribution in [3.8, 4) is 0 Å². The summed E-state index contributed by atoms with van der Waals surface area (Å²) in [7, 11) is 0. The number of hydrogen-bond donors (Lipinski definition) is 0. The van der Waals surface area contributed by atoms with Gasteiger partial charge in [0.25, 0.3) is 17.7 Å². The average Bonchev–Trinajstić information content (AvgIpc) is 3.17. The molecule has 0 aromatic heterocycles. The molecule has 0 unspecified atom stereocenters. The fourth-order valence-electron chi connectivity index (χ4n) is 3.34. The summed E-state index contributed by atoms with van der Waals surface area (Å²) >= 11 is 0. The van der Waals surface area contributed by atoms with E-state index in [0.717, 1.165) is 9.80 Å². The SMILES string of the molecule is CC(C)[C@@H](C(=O)OCC(=O)N1CCCC1=O)N1C(=O)c2ccccc2C1=O. The molecule has 2 aliphatic heterocycles. The molecule has 0 N–H and O–H groups in total. The van der Waals surface area contributed by atoms with Crippen LogP contribution in [0.25, 0.3) is 0 Å². The highest BCUT2D eigenvalue weighted by Gasteiger charge is 2.44. The monoisotopic (exact) mass is 372 g/mol. The van der Waals surface area contributed by atoms with E-state index in [-0.39, 0.29) is 17.0 Å². The number of hydrogen-bond acceptors (Lipinski definition) is 6. The average molecular weight is 372 g/mol. The number of benzene rings is 1. The summed E-state index contributed by atoms with van der Waals surface area (Å²) in [6.07, 6.45) is 0.880. The first-order valence-corrected chi connectivity index (χ1v) is 8.79. The van der Waals surface area contributed by atoms with Crippen LogP contribution in [0, 0.1) is 5.92 Å². The normalized spacial score (nSPS) is 17.5. The molecule has 0 spiro atoms. The fraction of sp³-hybridized carbons (Fsp3) is 0.421. The number of fused-ring (bicyclic) bond motifs is 1. The molecular formula is C19H20N2O6. The van der Waals surface area contributed by atoms with Gasteiger partial charge in [-0.25, -0.2) is 4.79 Å². The lowest BCUT2D eigenvalue weighted by molar-refractivity contribution is -0.158. The molecule has 27 heavy (non-hydrogen) atoms. The lowest BCUT2D eigenvalue weighted by Gasteiger charge is -2.27. The summed E-state index contributed by atoms with van der Waals surface area (Å²) < 4.78 is 5.07. The molecule has 0 aliphatic carbocycles.